The minimum absolute atomic E-state index is 0.334. The molecule has 0 aliphatic heterocycles. The molecule has 1 aromatic rings. The van der Waals surface area contributed by atoms with Crippen LogP contribution in [0.1, 0.15) is 19.4 Å². The molecule has 0 heterocycles. The van der Waals surface area contributed by atoms with Gasteiger partial charge in [-0.2, -0.15) is 0 Å². The molecule has 1 atom stereocenters. The lowest BCUT2D eigenvalue weighted by atomic mass is 10.2. The van der Waals surface area contributed by atoms with Crippen molar-refractivity contribution in [3.63, 3.8) is 0 Å². The monoisotopic (exact) mass is 294 g/mol. The molecule has 114 valence electrons. The zero-order chi connectivity index (χ0) is 15.8. The third kappa shape index (κ3) is 5.94. The first-order valence-electron chi connectivity index (χ1n) is 6.44. The molecule has 0 spiro atoms. The van der Waals surface area contributed by atoms with Gasteiger partial charge in [-0.05, 0) is 31.0 Å². The fourth-order valence-electron chi connectivity index (χ4n) is 1.47. The van der Waals surface area contributed by atoms with Crippen LogP contribution in [0.25, 0.3) is 0 Å². The van der Waals surface area contributed by atoms with Gasteiger partial charge in [-0.1, -0.05) is 19.1 Å². The zero-order valence-electron chi connectivity index (χ0n) is 11.9. The van der Waals surface area contributed by atoms with Gasteiger partial charge in [-0.3, -0.25) is 10.1 Å². The van der Waals surface area contributed by atoms with Crippen molar-refractivity contribution in [2.45, 2.75) is 26.4 Å². The number of hydrogen-bond acceptors (Lipinski definition) is 5. The first-order valence-corrected chi connectivity index (χ1v) is 6.44. The van der Waals surface area contributed by atoms with Gasteiger partial charge in [0.25, 0.3) is 5.91 Å². The Morgan fingerprint density at radius 3 is 2.38 bits per heavy atom. The summed E-state index contributed by atoms with van der Waals surface area (Å²) in [4.78, 5) is 33.3. The summed E-state index contributed by atoms with van der Waals surface area (Å²) in [6.45, 7) is 3.03. The summed E-state index contributed by atoms with van der Waals surface area (Å²) in [6.07, 6.45) is -0.217. The number of aryl methyl sites for hydroxylation is 1. The van der Waals surface area contributed by atoms with Gasteiger partial charge in [-0.15, -0.1) is 0 Å². The Labute approximate surface area is 122 Å². The summed E-state index contributed by atoms with van der Waals surface area (Å²) < 4.78 is 10.0. The van der Waals surface area contributed by atoms with Crippen LogP contribution in [0.5, 0.6) is 5.75 Å². The molecule has 0 aliphatic rings. The van der Waals surface area contributed by atoms with Gasteiger partial charge in [0.15, 0.2) is 12.7 Å². The third-order valence-corrected chi connectivity index (χ3v) is 2.61. The van der Waals surface area contributed by atoms with Crippen molar-refractivity contribution in [3.05, 3.63) is 29.8 Å². The van der Waals surface area contributed by atoms with Crippen LogP contribution in [0.2, 0.25) is 0 Å². The van der Waals surface area contributed by atoms with Gasteiger partial charge >= 0.3 is 12.0 Å². The molecule has 0 radical (unpaired) electrons. The Hall–Kier alpha value is -2.57. The number of nitrogens with one attached hydrogen (secondary N) is 1. The molecular formula is C14H18N2O5. The van der Waals surface area contributed by atoms with Crippen LogP contribution in [-0.4, -0.2) is 30.6 Å². The van der Waals surface area contributed by atoms with Gasteiger partial charge in [0.05, 0.1) is 0 Å². The number of nitrogens with two attached hydrogens (primary N) is 1. The summed E-state index contributed by atoms with van der Waals surface area (Å²) in [7, 11) is 0. The molecule has 0 unspecified atom stereocenters. The van der Waals surface area contributed by atoms with E-state index in [1.165, 1.54) is 6.92 Å². The maximum atomic E-state index is 11.5. The van der Waals surface area contributed by atoms with Crippen LogP contribution < -0.4 is 15.8 Å². The highest BCUT2D eigenvalue weighted by Crippen LogP contribution is 2.12. The van der Waals surface area contributed by atoms with Crippen molar-refractivity contribution in [2.75, 3.05) is 6.61 Å². The quantitative estimate of drug-likeness (QED) is 0.753. The summed E-state index contributed by atoms with van der Waals surface area (Å²) >= 11 is 0. The fraction of sp³-hybridized carbons (Fsp3) is 0.357. The number of urea groups is 1. The average Bonchev–Trinajstić information content (AvgIpc) is 2.44. The van der Waals surface area contributed by atoms with Gasteiger partial charge in [0.1, 0.15) is 5.75 Å². The number of amides is 3. The average molecular weight is 294 g/mol. The maximum absolute atomic E-state index is 11.5. The van der Waals surface area contributed by atoms with Gasteiger partial charge in [0, 0.05) is 0 Å². The second-order valence-electron chi connectivity index (χ2n) is 4.27. The molecule has 1 aromatic carbocycles. The number of benzene rings is 1. The molecule has 0 aromatic heterocycles. The number of rotatable bonds is 6. The van der Waals surface area contributed by atoms with E-state index in [2.05, 4.69) is 0 Å². The number of ether oxygens (including phenoxy) is 2. The van der Waals surface area contributed by atoms with E-state index in [1.807, 2.05) is 24.4 Å². The van der Waals surface area contributed by atoms with E-state index in [0.717, 1.165) is 12.0 Å². The van der Waals surface area contributed by atoms with Crippen LogP contribution in [-0.2, 0) is 20.7 Å². The lowest BCUT2D eigenvalue weighted by molar-refractivity contribution is -0.156. The highest BCUT2D eigenvalue weighted by atomic mass is 16.6. The summed E-state index contributed by atoms with van der Waals surface area (Å²) in [6, 6.07) is 6.27. The SMILES string of the molecule is CCc1ccc(OCC(=O)O[C@H](C)C(=O)NC(N)=O)cc1. The number of imide groups is 1. The Kier molecular flexibility index (Phi) is 6.19. The van der Waals surface area contributed by atoms with Crippen LogP contribution >= 0.6 is 0 Å². The van der Waals surface area contributed by atoms with E-state index in [4.69, 9.17) is 15.2 Å². The second kappa shape index (κ2) is 7.88. The van der Waals surface area contributed by atoms with Gasteiger partial charge in [0.2, 0.25) is 0 Å². The predicted molar refractivity (Wildman–Crippen MR) is 74.6 cm³/mol. The molecule has 1 rings (SSSR count). The number of esters is 1. The van der Waals surface area contributed by atoms with Crippen molar-refractivity contribution in [1.82, 2.24) is 5.32 Å². The minimum Gasteiger partial charge on any atom is -0.482 e. The molecule has 0 aliphatic carbocycles. The number of carbonyl (C=O) groups excluding carboxylic acids is 3. The lowest BCUT2D eigenvalue weighted by Gasteiger charge is -2.12. The molecule has 7 nitrogen and oxygen atoms in total. The number of carbonyl (C=O) groups is 3. The van der Waals surface area contributed by atoms with E-state index in [-0.39, 0.29) is 6.61 Å². The third-order valence-electron chi connectivity index (χ3n) is 2.61. The Bertz CT molecular complexity index is 513. The fourth-order valence-corrected chi connectivity index (χ4v) is 1.47. The molecule has 3 N–H and O–H groups in total. The smallest absolute Gasteiger partial charge is 0.344 e. The van der Waals surface area contributed by atoms with E-state index < -0.39 is 24.0 Å². The highest BCUT2D eigenvalue weighted by Gasteiger charge is 2.19. The predicted octanol–water partition coefficient (Wildman–Crippen LogP) is 0.754. The van der Waals surface area contributed by atoms with E-state index in [0.29, 0.717) is 5.75 Å². The van der Waals surface area contributed by atoms with Crippen molar-refractivity contribution in [2.24, 2.45) is 5.73 Å². The summed E-state index contributed by atoms with van der Waals surface area (Å²) in [5.74, 6) is -0.983. The van der Waals surface area contributed by atoms with E-state index in [9.17, 15) is 14.4 Å². The first-order chi connectivity index (χ1) is 9.92. The number of hydrogen-bond donors (Lipinski definition) is 2. The molecule has 0 fully saturated rings. The maximum Gasteiger partial charge on any atom is 0.344 e. The van der Waals surface area contributed by atoms with Crippen LogP contribution in [0, 0.1) is 0 Å². The topological polar surface area (TPSA) is 108 Å². The van der Waals surface area contributed by atoms with Gasteiger partial charge in [-0.25, -0.2) is 9.59 Å². The largest absolute Gasteiger partial charge is 0.482 e. The minimum atomic E-state index is -1.13. The first kappa shape index (κ1) is 16.5. The molecule has 7 heteroatoms. The van der Waals surface area contributed by atoms with E-state index >= 15 is 0 Å². The Morgan fingerprint density at radius 1 is 1.24 bits per heavy atom. The van der Waals surface area contributed by atoms with Crippen molar-refractivity contribution >= 4 is 17.9 Å². The van der Waals surface area contributed by atoms with Crippen molar-refractivity contribution in [1.29, 1.82) is 0 Å². The van der Waals surface area contributed by atoms with Gasteiger partial charge < -0.3 is 15.2 Å². The normalized spacial score (nSPS) is 11.3. The molecular weight excluding hydrogens is 276 g/mol. The van der Waals surface area contributed by atoms with Crippen LogP contribution in [0.3, 0.4) is 0 Å². The Balaban J connectivity index is 2.39. The summed E-state index contributed by atoms with van der Waals surface area (Å²) in [5, 5.41) is 1.82. The zero-order valence-corrected chi connectivity index (χ0v) is 11.9. The van der Waals surface area contributed by atoms with Crippen LogP contribution in [0.4, 0.5) is 4.79 Å². The molecule has 0 saturated heterocycles. The standard InChI is InChI=1S/C14H18N2O5/c1-3-10-4-6-11(7-5-10)20-8-12(17)21-9(2)13(18)16-14(15)19/h4-7,9H,3,8H2,1-2H3,(H3,15,16,18,19)/t9-/m1/s1. The van der Waals surface area contributed by atoms with Crippen molar-refractivity contribution in [3.8, 4) is 5.75 Å². The van der Waals surface area contributed by atoms with Crippen molar-refractivity contribution < 1.29 is 23.9 Å². The molecule has 21 heavy (non-hydrogen) atoms. The van der Waals surface area contributed by atoms with Crippen LogP contribution in [0.15, 0.2) is 24.3 Å². The summed E-state index contributed by atoms with van der Waals surface area (Å²) in [5.41, 5.74) is 5.94. The molecule has 3 amide bonds. The highest BCUT2D eigenvalue weighted by molar-refractivity contribution is 5.96. The Morgan fingerprint density at radius 2 is 1.86 bits per heavy atom. The number of primary amides is 1. The second-order valence-corrected chi connectivity index (χ2v) is 4.27. The molecule has 0 bridgehead atoms. The lowest BCUT2D eigenvalue weighted by Crippen LogP contribution is -2.42. The molecule has 0 saturated carbocycles. The van der Waals surface area contributed by atoms with E-state index in [1.54, 1.807) is 12.1 Å².